The topological polar surface area (TPSA) is 165 Å². The van der Waals surface area contributed by atoms with E-state index < -0.39 is 35.1 Å². The van der Waals surface area contributed by atoms with Gasteiger partial charge in [0, 0.05) is 17.6 Å². The third-order valence-corrected chi connectivity index (χ3v) is 4.71. The third-order valence-electron chi connectivity index (χ3n) is 4.71. The zero-order chi connectivity index (χ0) is 36.1. The molecule has 3 amide bonds. The molecule has 0 aromatic heterocycles. The van der Waals surface area contributed by atoms with Crippen molar-refractivity contribution in [3.05, 3.63) is 48.6 Å². The van der Waals surface area contributed by atoms with Gasteiger partial charge in [-0.15, -0.1) is 6.58 Å². The first-order valence-corrected chi connectivity index (χ1v) is 15.2. The summed E-state index contributed by atoms with van der Waals surface area (Å²) in [6.45, 7) is 25.4. The van der Waals surface area contributed by atoms with Crippen molar-refractivity contribution in [3.8, 4) is 5.75 Å². The summed E-state index contributed by atoms with van der Waals surface area (Å²) in [5.74, 6) is 0.692. The largest absolute Gasteiger partial charge is 0.491 e. The molecule has 0 unspecified atom stereocenters. The van der Waals surface area contributed by atoms with Crippen LogP contribution in [-0.4, -0.2) is 83.2 Å². The van der Waals surface area contributed by atoms with Crippen LogP contribution < -0.4 is 20.7 Å². The van der Waals surface area contributed by atoms with Crippen molar-refractivity contribution >= 4 is 24.4 Å². The minimum absolute atomic E-state index is 0.0331. The number of ether oxygens (including phenoxy) is 4. The zero-order valence-electron chi connectivity index (χ0n) is 29.9. The van der Waals surface area contributed by atoms with Gasteiger partial charge in [-0.1, -0.05) is 36.4 Å². The van der Waals surface area contributed by atoms with Crippen LogP contribution in [0.4, 0.5) is 14.4 Å². The second kappa shape index (κ2) is 21.9. The predicted octanol–water partition coefficient (Wildman–Crippen LogP) is 5.96. The van der Waals surface area contributed by atoms with Crippen LogP contribution in [0, 0.1) is 0 Å². The number of aliphatic hydroxyl groups is 2. The van der Waals surface area contributed by atoms with Gasteiger partial charge in [0.1, 0.15) is 29.2 Å². The highest BCUT2D eigenvalue weighted by Gasteiger charge is 2.18. The van der Waals surface area contributed by atoms with E-state index in [-0.39, 0.29) is 37.9 Å². The average Bonchev–Trinajstić information content (AvgIpc) is 2.88. The lowest BCUT2D eigenvalue weighted by Gasteiger charge is -2.21. The number of para-hydroxylation sites is 1. The summed E-state index contributed by atoms with van der Waals surface area (Å²) >= 11 is 0. The van der Waals surface area contributed by atoms with Crippen LogP contribution in [0.5, 0.6) is 5.75 Å². The van der Waals surface area contributed by atoms with Gasteiger partial charge in [0.25, 0.3) is 0 Å². The Morgan fingerprint density at radius 2 is 1.20 bits per heavy atom. The van der Waals surface area contributed by atoms with E-state index in [0.29, 0.717) is 5.75 Å². The first-order valence-electron chi connectivity index (χ1n) is 15.2. The highest BCUT2D eigenvalue weighted by molar-refractivity contribution is 5.69. The Balaban J connectivity index is 0. The quantitative estimate of drug-likeness (QED) is 0.151. The molecule has 1 aromatic rings. The van der Waals surface area contributed by atoms with E-state index in [0.717, 1.165) is 5.56 Å². The molecule has 3 atom stereocenters. The number of aliphatic hydroxyl groups excluding tert-OH is 2. The highest BCUT2D eigenvalue weighted by atomic mass is 16.6. The van der Waals surface area contributed by atoms with Gasteiger partial charge in [0.05, 0.1) is 19.3 Å². The Hall–Kier alpha value is -3.77. The number of benzene rings is 1. The number of hydrogen-bond donors (Lipinski definition) is 5. The fourth-order valence-electron chi connectivity index (χ4n) is 2.80. The number of alkyl carbamates (subject to hydrolysis) is 3. The van der Waals surface area contributed by atoms with Crippen molar-refractivity contribution in [1.29, 1.82) is 0 Å². The van der Waals surface area contributed by atoms with Crippen LogP contribution in [0.1, 0.15) is 88.6 Å². The van der Waals surface area contributed by atoms with Gasteiger partial charge in [-0.25, -0.2) is 14.4 Å². The minimum Gasteiger partial charge on any atom is -0.491 e. The number of hydrogen-bond acceptors (Lipinski definition) is 9. The summed E-state index contributed by atoms with van der Waals surface area (Å²) in [5, 5.41) is 25.3. The van der Waals surface area contributed by atoms with E-state index >= 15 is 0 Å². The smallest absolute Gasteiger partial charge is 0.408 e. The van der Waals surface area contributed by atoms with Gasteiger partial charge < -0.3 is 45.1 Å². The lowest BCUT2D eigenvalue weighted by molar-refractivity contribution is 0.0484. The molecule has 1 aromatic carbocycles. The van der Waals surface area contributed by atoms with Crippen LogP contribution >= 0.6 is 0 Å². The van der Waals surface area contributed by atoms with Crippen LogP contribution in [0.15, 0.2) is 43.0 Å². The van der Waals surface area contributed by atoms with Crippen molar-refractivity contribution in [2.75, 3.05) is 19.8 Å². The molecule has 12 heteroatoms. The molecular weight excluding hydrogens is 594 g/mol. The second-order valence-corrected chi connectivity index (χ2v) is 13.3. The van der Waals surface area contributed by atoms with Gasteiger partial charge in [-0.05, 0) is 89.2 Å². The molecule has 0 aliphatic rings. The van der Waals surface area contributed by atoms with Crippen LogP contribution in [-0.2, 0) is 14.2 Å². The summed E-state index contributed by atoms with van der Waals surface area (Å²) in [5.41, 5.74) is -0.559. The van der Waals surface area contributed by atoms with E-state index in [1.54, 1.807) is 33.8 Å². The number of nitrogens with one attached hydrogen (secondary N) is 3. The summed E-state index contributed by atoms with van der Waals surface area (Å²) in [6, 6.07) is 7.01. The Bertz CT molecular complexity index is 1070. The number of carbonyl (C=O) groups excluding carboxylic acids is 3. The fraction of sp³-hybridized carbons (Fsp3) is 0.618. The minimum atomic E-state index is -0.516. The van der Waals surface area contributed by atoms with E-state index in [1.165, 1.54) is 0 Å². The third kappa shape index (κ3) is 27.8. The Morgan fingerprint density at radius 1 is 0.761 bits per heavy atom. The first-order chi connectivity index (χ1) is 21.0. The lowest BCUT2D eigenvalue weighted by atomic mass is 10.1. The van der Waals surface area contributed by atoms with Crippen molar-refractivity contribution in [1.82, 2.24) is 16.0 Å². The van der Waals surface area contributed by atoms with Gasteiger partial charge in [-0.2, -0.15) is 0 Å². The Labute approximate surface area is 275 Å². The Kier molecular flexibility index (Phi) is 21.1. The fourth-order valence-corrected chi connectivity index (χ4v) is 2.80. The average molecular weight is 654 g/mol. The summed E-state index contributed by atoms with van der Waals surface area (Å²) in [4.78, 5) is 33.7. The maximum Gasteiger partial charge on any atom is 0.408 e. The molecule has 0 radical (unpaired) electrons. The Morgan fingerprint density at radius 3 is 1.61 bits per heavy atom. The van der Waals surface area contributed by atoms with Crippen molar-refractivity contribution < 1.29 is 43.5 Å². The number of carbonyl (C=O) groups is 3. The van der Waals surface area contributed by atoms with Crippen molar-refractivity contribution in [2.45, 2.75) is 118 Å². The van der Waals surface area contributed by atoms with Crippen LogP contribution in [0.25, 0.3) is 6.08 Å². The lowest BCUT2D eigenvalue weighted by Crippen LogP contribution is -2.39. The maximum atomic E-state index is 11.7. The standard InChI is InChI=1S/C17H25NO4.C9H17NO2.C8H17NO3/c1-13(18-16(20)22-17(2,3)4)9-10-14-7-5-6-8-15(14)21-12-11-19;1-6-7(2)10-8(11)12-9(3,4)5;1-6(5-10)9-7(11)12-8(2,3)4/h5-10,13,19H,11-12H2,1-4H3,(H,18,20);6-7H,1H2,2-5H3,(H,10,11);6,10H,5H2,1-4H3,(H,9,11)/b10-9+;;/t13-;7-;6-/m000/s1. The van der Waals surface area contributed by atoms with Gasteiger partial charge in [-0.3, -0.25) is 0 Å². The van der Waals surface area contributed by atoms with Crippen LogP contribution in [0.2, 0.25) is 0 Å². The molecular formula is C34H59N3O9. The summed E-state index contributed by atoms with van der Waals surface area (Å²) in [7, 11) is 0. The summed E-state index contributed by atoms with van der Waals surface area (Å²) < 4.78 is 20.6. The molecule has 0 saturated carbocycles. The predicted molar refractivity (Wildman–Crippen MR) is 182 cm³/mol. The van der Waals surface area contributed by atoms with E-state index in [4.69, 9.17) is 29.2 Å². The van der Waals surface area contributed by atoms with E-state index in [1.807, 2.05) is 91.8 Å². The molecule has 264 valence electrons. The molecule has 12 nitrogen and oxygen atoms in total. The molecule has 0 bridgehead atoms. The molecule has 0 aliphatic heterocycles. The molecule has 46 heavy (non-hydrogen) atoms. The number of amides is 3. The monoisotopic (exact) mass is 653 g/mol. The number of rotatable bonds is 10. The maximum absolute atomic E-state index is 11.7. The van der Waals surface area contributed by atoms with Gasteiger partial charge in [0.15, 0.2) is 0 Å². The SMILES string of the molecule is C=C[C@H](C)NC(=O)OC(C)(C)C.C[C@@H](/C=C/c1ccccc1OCCO)NC(=O)OC(C)(C)C.C[C@@H](CO)NC(=O)OC(C)(C)C. The molecule has 0 saturated heterocycles. The van der Waals surface area contributed by atoms with Crippen molar-refractivity contribution in [3.63, 3.8) is 0 Å². The molecule has 5 N–H and O–H groups in total. The molecule has 0 spiro atoms. The second-order valence-electron chi connectivity index (χ2n) is 13.3. The molecule has 1 rings (SSSR count). The zero-order valence-corrected chi connectivity index (χ0v) is 29.9. The summed E-state index contributed by atoms with van der Waals surface area (Å²) in [6.07, 6.45) is 4.01. The van der Waals surface area contributed by atoms with E-state index in [9.17, 15) is 14.4 Å². The molecule has 0 fully saturated rings. The highest BCUT2D eigenvalue weighted by Crippen LogP contribution is 2.19. The normalized spacial score (nSPS) is 13.3. The van der Waals surface area contributed by atoms with Crippen LogP contribution in [0.3, 0.4) is 0 Å². The molecule has 0 heterocycles. The van der Waals surface area contributed by atoms with Crippen molar-refractivity contribution in [2.24, 2.45) is 0 Å². The molecule has 0 aliphatic carbocycles. The van der Waals surface area contributed by atoms with E-state index in [2.05, 4.69) is 22.5 Å². The van der Waals surface area contributed by atoms with Gasteiger partial charge in [0.2, 0.25) is 0 Å². The van der Waals surface area contributed by atoms with Gasteiger partial charge >= 0.3 is 18.3 Å². The first kappa shape index (κ1) is 44.4.